The Kier molecular flexibility index (Phi) is 3.00. The third-order valence-corrected chi connectivity index (χ3v) is 3.23. The average Bonchev–Trinajstić information content (AvgIpc) is 2.62. The number of thiazole rings is 1. The quantitative estimate of drug-likeness (QED) is 0.736. The lowest BCUT2D eigenvalue weighted by atomic mass is 9.84. The van der Waals surface area contributed by atoms with Crippen molar-refractivity contribution in [2.45, 2.75) is 33.5 Å². The lowest BCUT2D eigenvalue weighted by Gasteiger charge is -1.98. The van der Waals surface area contributed by atoms with Gasteiger partial charge < -0.3 is 0 Å². The van der Waals surface area contributed by atoms with Crippen LogP contribution in [0.5, 0.6) is 0 Å². The van der Waals surface area contributed by atoms with E-state index in [4.69, 9.17) is 0 Å². The fourth-order valence-corrected chi connectivity index (χ4v) is 2.38. The predicted octanol–water partition coefficient (Wildman–Crippen LogP) is 1.72. The molecule has 77 valence electrons. The molecule has 2 aromatic heterocycles. The van der Waals surface area contributed by atoms with Gasteiger partial charge in [0, 0.05) is 11.3 Å². The molecule has 0 unspecified atom stereocenters. The first-order chi connectivity index (χ1) is 7.24. The van der Waals surface area contributed by atoms with Crippen LogP contribution in [0.4, 0.5) is 0 Å². The first kappa shape index (κ1) is 10.5. The van der Waals surface area contributed by atoms with E-state index in [1.165, 1.54) is 0 Å². The zero-order valence-corrected chi connectivity index (χ0v) is 10.1. The van der Waals surface area contributed by atoms with Crippen molar-refractivity contribution in [1.82, 2.24) is 15.0 Å². The number of hydrogen-bond acceptors (Lipinski definition) is 4. The monoisotopic (exact) mass is 218 g/mol. The molecule has 2 aromatic rings. The van der Waals surface area contributed by atoms with Crippen LogP contribution in [0.15, 0.2) is 0 Å². The van der Waals surface area contributed by atoms with Crippen molar-refractivity contribution in [2.24, 2.45) is 0 Å². The van der Waals surface area contributed by atoms with Gasteiger partial charge in [-0.25, -0.2) is 15.0 Å². The molecular formula is C10H13BN3S. The van der Waals surface area contributed by atoms with Crippen molar-refractivity contribution >= 4 is 33.9 Å². The van der Waals surface area contributed by atoms with Crippen molar-refractivity contribution in [3.05, 3.63) is 11.5 Å². The van der Waals surface area contributed by atoms with E-state index in [2.05, 4.69) is 21.9 Å². The summed E-state index contributed by atoms with van der Waals surface area (Å²) in [5, 5.41) is 0. The lowest BCUT2D eigenvalue weighted by Crippen LogP contribution is -2.07. The van der Waals surface area contributed by atoms with E-state index in [1.807, 2.05) is 21.0 Å². The molecule has 0 aliphatic rings. The highest BCUT2D eigenvalue weighted by atomic mass is 32.1. The van der Waals surface area contributed by atoms with Crippen molar-refractivity contribution in [3.63, 3.8) is 0 Å². The van der Waals surface area contributed by atoms with Gasteiger partial charge in [-0.2, -0.15) is 0 Å². The number of rotatable bonds is 3. The molecule has 0 spiro atoms. The lowest BCUT2D eigenvalue weighted by molar-refractivity contribution is 0.837. The molecule has 0 bridgehead atoms. The normalized spacial score (nSPS) is 10.9. The summed E-state index contributed by atoms with van der Waals surface area (Å²) in [6, 6.07) is 0. The Labute approximate surface area is 94.2 Å². The van der Waals surface area contributed by atoms with E-state index in [0.717, 1.165) is 39.6 Å². The summed E-state index contributed by atoms with van der Waals surface area (Å²) in [5.41, 5.74) is 1.95. The number of fused-ring (bicyclic) bond motifs is 1. The molecule has 0 saturated carbocycles. The Bertz CT molecular complexity index is 481. The maximum atomic E-state index is 4.52. The number of aromatic nitrogens is 3. The highest BCUT2D eigenvalue weighted by molar-refractivity contribution is 7.26. The van der Waals surface area contributed by atoms with Gasteiger partial charge in [-0.05, 0) is 13.3 Å². The van der Waals surface area contributed by atoms with Crippen LogP contribution in [0.1, 0.15) is 24.9 Å². The van der Waals surface area contributed by atoms with Gasteiger partial charge in [0.15, 0.2) is 7.28 Å². The van der Waals surface area contributed by atoms with Crippen LogP contribution in [0, 0.1) is 6.92 Å². The van der Waals surface area contributed by atoms with Crippen LogP contribution < -0.4 is 4.91 Å². The van der Waals surface area contributed by atoms with Crippen molar-refractivity contribution in [2.75, 3.05) is 0 Å². The zero-order valence-electron chi connectivity index (χ0n) is 9.24. The Hall–Kier alpha value is -0.965. The van der Waals surface area contributed by atoms with E-state index in [9.17, 15) is 0 Å². The molecule has 15 heavy (non-hydrogen) atoms. The summed E-state index contributed by atoms with van der Waals surface area (Å²) in [4.78, 5) is 15.5. The number of aryl methyl sites for hydroxylation is 2. The molecule has 3 nitrogen and oxygen atoms in total. The van der Waals surface area contributed by atoms with E-state index in [1.54, 1.807) is 11.3 Å². The highest BCUT2D eigenvalue weighted by Gasteiger charge is 2.09. The molecule has 0 saturated heterocycles. The zero-order chi connectivity index (χ0) is 10.8. The Morgan fingerprint density at radius 2 is 2.07 bits per heavy atom. The van der Waals surface area contributed by atoms with Crippen LogP contribution >= 0.6 is 11.3 Å². The maximum Gasteiger partial charge on any atom is 0.188 e. The van der Waals surface area contributed by atoms with E-state index in [0.29, 0.717) is 0 Å². The smallest absolute Gasteiger partial charge is 0.188 e. The maximum absolute atomic E-state index is 4.52. The average molecular weight is 218 g/mol. The van der Waals surface area contributed by atoms with Crippen LogP contribution in [0.3, 0.4) is 0 Å². The predicted molar refractivity (Wildman–Crippen MR) is 65.2 cm³/mol. The first-order valence-corrected chi connectivity index (χ1v) is 5.99. The Morgan fingerprint density at radius 1 is 1.27 bits per heavy atom. The SMILES string of the molecule is C[B]c1nc2c(C)nc(CCC)nc2s1. The molecule has 0 N–H and O–H groups in total. The molecule has 5 heteroatoms. The van der Waals surface area contributed by atoms with Gasteiger partial charge in [-0.3, -0.25) is 0 Å². The van der Waals surface area contributed by atoms with Gasteiger partial charge in [0.05, 0.1) is 5.69 Å². The fourth-order valence-electron chi connectivity index (χ4n) is 1.49. The minimum absolute atomic E-state index is 0.939. The standard InChI is InChI=1S/C10H13BN3S/c1-4-5-7-12-6(2)8-9(13-7)15-10(11-3)14-8/h4-5H2,1-3H3. The second-order valence-corrected chi connectivity index (χ2v) is 4.48. The third kappa shape index (κ3) is 2.02. The van der Waals surface area contributed by atoms with E-state index < -0.39 is 0 Å². The Morgan fingerprint density at radius 3 is 2.73 bits per heavy atom. The highest BCUT2D eigenvalue weighted by Crippen LogP contribution is 2.16. The topological polar surface area (TPSA) is 38.7 Å². The second-order valence-electron chi connectivity index (χ2n) is 3.47. The van der Waals surface area contributed by atoms with Gasteiger partial charge in [0.2, 0.25) is 0 Å². The van der Waals surface area contributed by atoms with E-state index >= 15 is 0 Å². The van der Waals surface area contributed by atoms with Crippen LogP contribution in [0.25, 0.3) is 10.3 Å². The minimum atomic E-state index is 0.939. The summed E-state index contributed by atoms with van der Waals surface area (Å²) in [6.45, 7) is 6.14. The minimum Gasteiger partial charge on any atom is -0.249 e. The molecule has 0 aliphatic carbocycles. The first-order valence-electron chi connectivity index (χ1n) is 5.18. The molecule has 2 rings (SSSR count). The fraction of sp³-hybridized carbons (Fsp3) is 0.500. The summed E-state index contributed by atoms with van der Waals surface area (Å²) < 4.78 is 0. The summed E-state index contributed by atoms with van der Waals surface area (Å²) in [6.07, 6.45) is 2.02. The van der Waals surface area contributed by atoms with Crippen molar-refractivity contribution in [3.8, 4) is 0 Å². The molecule has 2 heterocycles. The van der Waals surface area contributed by atoms with Crippen LogP contribution in [0.2, 0.25) is 6.82 Å². The number of nitrogens with zero attached hydrogens (tertiary/aromatic N) is 3. The van der Waals surface area contributed by atoms with Gasteiger partial charge in [0.1, 0.15) is 16.2 Å². The van der Waals surface area contributed by atoms with Gasteiger partial charge in [0.25, 0.3) is 0 Å². The van der Waals surface area contributed by atoms with Crippen molar-refractivity contribution < 1.29 is 0 Å². The third-order valence-electron chi connectivity index (χ3n) is 2.22. The molecule has 0 amide bonds. The molecule has 0 fully saturated rings. The van der Waals surface area contributed by atoms with Crippen molar-refractivity contribution in [1.29, 1.82) is 0 Å². The Balaban J connectivity index is 2.54. The van der Waals surface area contributed by atoms with Crippen LogP contribution in [-0.2, 0) is 6.42 Å². The molecule has 0 aromatic carbocycles. The molecule has 0 aliphatic heterocycles. The van der Waals surface area contributed by atoms with E-state index in [-0.39, 0.29) is 0 Å². The molecule has 1 radical (unpaired) electrons. The summed E-state index contributed by atoms with van der Waals surface area (Å²) >= 11 is 1.63. The van der Waals surface area contributed by atoms with Gasteiger partial charge in [-0.15, -0.1) is 11.3 Å². The van der Waals surface area contributed by atoms with Gasteiger partial charge in [-0.1, -0.05) is 13.7 Å². The molecular weight excluding hydrogens is 205 g/mol. The van der Waals surface area contributed by atoms with Gasteiger partial charge >= 0.3 is 0 Å². The largest absolute Gasteiger partial charge is 0.249 e. The van der Waals surface area contributed by atoms with Crippen LogP contribution in [-0.4, -0.2) is 22.2 Å². The molecule has 0 atom stereocenters. The number of hydrogen-bond donors (Lipinski definition) is 0. The summed E-state index contributed by atoms with van der Waals surface area (Å²) in [7, 11) is 2.01. The second kappa shape index (κ2) is 4.27. The summed E-state index contributed by atoms with van der Waals surface area (Å²) in [5.74, 6) is 0.939.